The Morgan fingerprint density at radius 1 is 1.23 bits per heavy atom. The van der Waals surface area contributed by atoms with E-state index in [0.717, 1.165) is 38.0 Å². The molecule has 3 aliphatic heterocycles. The highest BCUT2D eigenvalue weighted by Crippen LogP contribution is 2.40. The number of benzene rings is 1. The molecule has 0 saturated carbocycles. The summed E-state index contributed by atoms with van der Waals surface area (Å²) in [5.74, 6) is 1.13. The van der Waals surface area contributed by atoms with Crippen LogP contribution in [-0.2, 0) is 16.2 Å². The van der Waals surface area contributed by atoms with Crippen LogP contribution in [0.15, 0.2) is 41.7 Å². The minimum absolute atomic E-state index is 0.0596. The van der Waals surface area contributed by atoms with Crippen molar-refractivity contribution in [2.24, 2.45) is 11.1 Å². The van der Waals surface area contributed by atoms with Crippen LogP contribution < -0.4 is 10.5 Å². The van der Waals surface area contributed by atoms with Crippen LogP contribution in [0.4, 0.5) is 10.2 Å². The smallest absolute Gasteiger partial charge is 0.225 e. The number of rotatable bonds is 4. The molecule has 9 heteroatoms. The van der Waals surface area contributed by atoms with Gasteiger partial charge in [-0.05, 0) is 61.8 Å². The number of likely N-dealkylation sites (tertiary alicyclic amines) is 2. The molecule has 2 fully saturated rings. The summed E-state index contributed by atoms with van der Waals surface area (Å²) in [4.78, 5) is 26.7. The Morgan fingerprint density at radius 3 is 2.71 bits per heavy atom. The number of halogens is 1. The molecule has 3 aliphatic rings. The second-order valence-electron chi connectivity index (χ2n) is 9.79. The number of aromatic nitrogens is 1. The van der Waals surface area contributed by atoms with Crippen LogP contribution in [0.1, 0.15) is 43.2 Å². The van der Waals surface area contributed by atoms with Crippen molar-refractivity contribution in [1.29, 1.82) is 0 Å². The molecule has 2 saturated heterocycles. The fourth-order valence-electron chi connectivity index (χ4n) is 5.54. The van der Waals surface area contributed by atoms with Crippen molar-refractivity contribution in [3.05, 3.63) is 53.5 Å². The second kappa shape index (κ2) is 9.81. The summed E-state index contributed by atoms with van der Waals surface area (Å²) in [6.45, 7) is 3.90. The number of hydrogen-bond acceptors (Lipinski definition) is 7. The Bertz CT molecular complexity index is 1110. The van der Waals surface area contributed by atoms with Crippen molar-refractivity contribution < 1.29 is 18.8 Å². The Balaban J connectivity index is 1.17. The molecule has 1 amide bonds. The number of amides is 1. The summed E-state index contributed by atoms with van der Waals surface area (Å²) in [5, 5.41) is 4.16. The number of nitrogen functional groups attached to an aromatic ring is 1. The normalized spacial score (nSPS) is 21.5. The van der Waals surface area contributed by atoms with E-state index in [0.29, 0.717) is 55.2 Å². The van der Waals surface area contributed by atoms with Crippen molar-refractivity contribution in [1.82, 2.24) is 14.8 Å². The van der Waals surface area contributed by atoms with E-state index in [-0.39, 0.29) is 17.6 Å². The molecule has 1 aromatic carbocycles. The van der Waals surface area contributed by atoms with Gasteiger partial charge in [-0.25, -0.2) is 9.37 Å². The third-order valence-electron chi connectivity index (χ3n) is 7.44. The molecule has 8 nitrogen and oxygen atoms in total. The molecule has 186 valence electrons. The van der Waals surface area contributed by atoms with E-state index in [9.17, 15) is 9.18 Å². The van der Waals surface area contributed by atoms with Gasteiger partial charge >= 0.3 is 0 Å². The number of carbonyl (C=O) groups is 1. The number of pyridine rings is 1. The number of hydrogen-bond donors (Lipinski definition) is 1. The largest absolute Gasteiger partial charge is 0.486 e. The van der Waals surface area contributed by atoms with Gasteiger partial charge < -0.3 is 20.2 Å². The first-order valence-corrected chi connectivity index (χ1v) is 12.3. The number of anilines is 1. The maximum atomic E-state index is 13.8. The van der Waals surface area contributed by atoms with E-state index in [2.05, 4.69) is 15.0 Å². The highest BCUT2D eigenvalue weighted by Gasteiger charge is 2.44. The molecule has 2 aromatic rings. The highest BCUT2D eigenvalue weighted by molar-refractivity contribution is 6.04. The topological polar surface area (TPSA) is 93.3 Å². The summed E-state index contributed by atoms with van der Waals surface area (Å²) in [5.41, 5.74) is 7.82. The van der Waals surface area contributed by atoms with Gasteiger partial charge in [0.05, 0.1) is 5.71 Å². The number of fused-ring (bicyclic) bond motifs is 1. The minimum atomic E-state index is -0.450. The SMILES string of the molecule is CON=C1CC2(CCN(C(=O)C3CCN(Cc4ccnc(N)c4)CC3)CC2)Oc2ccc(F)cc21. The quantitative estimate of drug-likeness (QED) is 0.674. The Kier molecular flexibility index (Phi) is 6.60. The van der Waals surface area contributed by atoms with Crippen molar-refractivity contribution in [2.75, 3.05) is 39.0 Å². The van der Waals surface area contributed by atoms with Gasteiger partial charge in [0, 0.05) is 56.6 Å². The van der Waals surface area contributed by atoms with Gasteiger partial charge in [-0.3, -0.25) is 9.69 Å². The Labute approximate surface area is 204 Å². The van der Waals surface area contributed by atoms with Crippen molar-refractivity contribution in [3.63, 3.8) is 0 Å². The monoisotopic (exact) mass is 481 g/mol. The van der Waals surface area contributed by atoms with E-state index in [4.69, 9.17) is 15.3 Å². The van der Waals surface area contributed by atoms with Crippen LogP contribution in [0.25, 0.3) is 0 Å². The molecule has 4 heterocycles. The van der Waals surface area contributed by atoms with Gasteiger partial charge in [0.25, 0.3) is 0 Å². The van der Waals surface area contributed by atoms with Gasteiger partial charge in [0.15, 0.2) is 0 Å². The predicted molar refractivity (Wildman–Crippen MR) is 130 cm³/mol. The molecule has 0 bridgehead atoms. The molecule has 1 spiro atoms. The van der Waals surface area contributed by atoms with Gasteiger partial charge in [-0.2, -0.15) is 0 Å². The third kappa shape index (κ3) is 5.10. The van der Waals surface area contributed by atoms with Gasteiger partial charge in [0.2, 0.25) is 5.91 Å². The van der Waals surface area contributed by atoms with Crippen LogP contribution in [0.5, 0.6) is 5.75 Å². The lowest BCUT2D eigenvalue weighted by Gasteiger charge is -2.45. The fraction of sp³-hybridized carbons (Fsp3) is 0.500. The average Bonchev–Trinajstić information content (AvgIpc) is 2.85. The lowest BCUT2D eigenvalue weighted by molar-refractivity contribution is -0.140. The molecule has 2 N–H and O–H groups in total. The van der Waals surface area contributed by atoms with E-state index < -0.39 is 5.60 Å². The summed E-state index contributed by atoms with van der Waals surface area (Å²) in [7, 11) is 1.49. The average molecular weight is 482 g/mol. The van der Waals surface area contributed by atoms with Crippen LogP contribution >= 0.6 is 0 Å². The predicted octanol–water partition coefficient (Wildman–Crippen LogP) is 3.21. The first-order valence-electron chi connectivity index (χ1n) is 12.3. The maximum absolute atomic E-state index is 13.8. The van der Waals surface area contributed by atoms with E-state index in [1.54, 1.807) is 12.3 Å². The molecule has 0 radical (unpaired) electrons. The molecular weight excluding hydrogens is 449 g/mol. The number of ether oxygens (including phenoxy) is 1. The summed E-state index contributed by atoms with van der Waals surface area (Å²) < 4.78 is 20.2. The number of nitrogens with zero attached hydrogens (tertiary/aromatic N) is 4. The zero-order valence-electron chi connectivity index (χ0n) is 20.1. The zero-order valence-corrected chi connectivity index (χ0v) is 20.1. The Morgan fingerprint density at radius 2 is 2.00 bits per heavy atom. The highest BCUT2D eigenvalue weighted by atomic mass is 19.1. The standard InChI is InChI=1S/C26H32FN5O3/c1-34-30-22-16-26(35-23-3-2-20(27)15-21(22)23)7-12-32(13-8-26)25(33)19-5-10-31(11-6-19)17-18-4-9-29-24(28)14-18/h2-4,9,14-15,19H,5-8,10-13,16-17H2,1H3,(H2,28,29). The zero-order chi connectivity index (χ0) is 24.4. The van der Waals surface area contributed by atoms with E-state index in [1.165, 1.54) is 19.2 Å². The van der Waals surface area contributed by atoms with Crippen LogP contribution in [0.3, 0.4) is 0 Å². The molecule has 0 unspecified atom stereocenters. The fourth-order valence-corrected chi connectivity index (χ4v) is 5.54. The van der Waals surface area contributed by atoms with E-state index in [1.807, 2.05) is 17.0 Å². The molecule has 1 aromatic heterocycles. The number of oxime groups is 1. The lowest BCUT2D eigenvalue weighted by atomic mass is 9.81. The first-order chi connectivity index (χ1) is 16.9. The number of carbonyl (C=O) groups excluding carboxylic acids is 1. The molecule has 5 rings (SSSR count). The summed E-state index contributed by atoms with van der Waals surface area (Å²) >= 11 is 0. The third-order valence-corrected chi connectivity index (χ3v) is 7.44. The van der Waals surface area contributed by atoms with Crippen LogP contribution in [0.2, 0.25) is 0 Å². The lowest BCUT2D eigenvalue weighted by Crippen LogP contribution is -2.54. The van der Waals surface area contributed by atoms with Gasteiger partial charge in [0.1, 0.15) is 30.1 Å². The summed E-state index contributed by atoms with van der Waals surface area (Å²) in [6, 6.07) is 8.39. The van der Waals surface area contributed by atoms with Crippen molar-refractivity contribution in [2.45, 2.75) is 44.2 Å². The van der Waals surface area contributed by atoms with Gasteiger partial charge in [-0.15, -0.1) is 0 Å². The first kappa shape index (κ1) is 23.5. The van der Waals surface area contributed by atoms with Gasteiger partial charge in [-0.1, -0.05) is 5.16 Å². The molecule has 35 heavy (non-hydrogen) atoms. The second-order valence-corrected chi connectivity index (χ2v) is 9.79. The number of nitrogens with two attached hydrogens (primary N) is 1. The number of piperidine rings is 2. The minimum Gasteiger partial charge on any atom is -0.486 e. The van der Waals surface area contributed by atoms with Crippen molar-refractivity contribution in [3.8, 4) is 5.75 Å². The molecular formula is C26H32FN5O3. The molecule has 0 aliphatic carbocycles. The summed E-state index contributed by atoms with van der Waals surface area (Å²) in [6.07, 6.45) is 5.42. The molecule has 0 atom stereocenters. The van der Waals surface area contributed by atoms with Crippen LogP contribution in [0, 0.1) is 11.7 Å². The van der Waals surface area contributed by atoms with Crippen LogP contribution in [-0.4, -0.2) is 65.3 Å². The van der Waals surface area contributed by atoms with E-state index >= 15 is 0 Å². The van der Waals surface area contributed by atoms with Crippen molar-refractivity contribution >= 4 is 17.4 Å². The maximum Gasteiger partial charge on any atom is 0.225 e. The Hall–Kier alpha value is -3.20.